The number of hydrogen-bond donors (Lipinski definition) is 0. The molecule has 0 saturated heterocycles. The van der Waals surface area contributed by atoms with Crippen molar-refractivity contribution in [2.45, 2.75) is 19.8 Å². The van der Waals surface area contributed by atoms with Crippen LogP contribution in [0.5, 0.6) is 5.75 Å². The Hall–Kier alpha value is -0.260. The maximum atomic E-state index is 11.1. The second kappa shape index (κ2) is 7.36. The second-order valence-electron chi connectivity index (χ2n) is 4.13. The summed E-state index contributed by atoms with van der Waals surface area (Å²) in [5.74, 6) is 0.602. The van der Waals surface area contributed by atoms with E-state index in [4.69, 9.17) is 15.4 Å². The molecular formula is C12H16BrClO3S. The maximum Gasteiger partial charge on any atom is 0.232 e. The molecule has 6 heteroatoms. The van der Waals surface area contributed by atoms with Gasteiger partial charge in [-0.1, -0.05) is 35.3 Å². The van der Waals surface area contributed by atoms with Gasteiger partial charge < -0.3 is 4.74 Å². The Labute approximate surface area is 121 Å². The van der Waals surface area contributed by atoms with E-state index in [1.54, 1.807) is 0 Å². The van der Waals surface area contributed by atoms with E-state index in [2.05, 4.69) is 15.9 Å². The van der Waals surface area contributed by atoms with Gasteiger partial charge in [0.2, 0.25) is 9.05 Å². The van der Waals surface area contributed by atoms with Crippen molar-refractivity contribution in [1.82, 2.24) is 0 Å². The monoisotopic (exact) mass is 354 g/mol. The van der Waals surface area contributed by atoms with E-state index in [0.29, 0.717) is 6.61 Å². The minimum atomic E-state index is -3.48. The summed E-state index contributed by atoms with van der Waals surface area (Å²) >= 11 is 3.35. The molecule has 1 aromatic rings. The molecule has 102 valence electrons. The van der Waals surface area contributed by atoms with Crippen molar-refractivity contribution in [3.63, 3.8) is 0 Å². The fourth-order valence-electron chi connectivity index (χ4n) is 1.68. The van der Waals surface area contributed by atoms with Crippen molar-refractivity contribution in [3.8, 4) is 5.75 Å². The minimum Gasteiger partial charge on any atom is -0.493 e. The fraction of sp³-hybridized carbons (Fsp3) is 0.500. The number of halogens is 2. The van der Waals surface area contributed by atoms with Crippen LogP contribution in [0, 0.1) is 5.92 Å². The van der Waals surface area contributed by atoms with Crippen LogP contribution in [0.15, 0.2) is 28.7 Å². The number of benzene rings is 1. The van der Waals surface area contributed by atoms with Crippen molar-refractivity contribution in [3.05, 3.63) is 28.7 Å². The fourth-order valence-corrected chi connectivity index (χ4v) is 3.41. The quantitative estimate of drug-likeness (QED) is 0.698. The van der Waals surface area contributed by atoms with Crippen LogP contribution in [0.2, 0.25) is 0 Å². The normalized spacial score (nSPS) is 13.3. The molecule has 0 fully saturated rings. The SMILES string of the molecule is CCCC(COc1cccc(Br)c1)CS(=O)(=O)Cl. The van der Waals surface area contributed by atoms with Crippen LogP contribution < -0.4 is 4.74 Å². The Morgan fingerprint density at radius 2 is 2.17 bits per heavy atom. The summed E-state index contributed by atoms with van der Waals surface area (Å²) in [4.78, 5) is 0. The van der Waals surface area contributed by atoms with Gasteiger partial charge in [0, 0.05) is 21.1 Å². The van der Waals surface area contributed by atoms with Gasteiger partial charge in [-0.2, -0.15) is 0 Å². The van der Waals surface area contributed by atoms with Crippen molar-refractivity contribution in [2.75, 3.05) is 12.4 Å². The summed E-state index contributed by atoms with van der Waals surface area (Å²) in [5.41, 5.74) is 0. The van der Waals surface area contributed by atoms with Gasteiger partial charge in [0.05, 0.1) is 12.4 Å². The Morgan fingerprint density at radius 1 is 1.44 bits per heavy atom. The molecule has 0 N–H and O–H groups in total. The highest BCUT2D eigenvalue weighted by atomic mass is 79.9. The minimum absolute atomic E-state index is 0.0452. The van der Waals surface area contributed by atoms with Crippen molar-refractivity contribution < 1.29 is 13.2 Å². The Morgan fingerprint density at radius 3 is 2.72 bits per heavy atom. The first-order valence-electron chi connectivity index (χ1n) is 5.71. The van der Waals surface area contributed by atoms with Gasteiger partial charge in [0.1, 0.15) is 5.75 Å². The van der Waals surface area contributed by atoms with Crippen LogP contribution in [-0.2, 0) is 9.05 Å². The molecule has 1 aromatic carbocycles. The molecule has 0 amide bonds. The number of ether oxygens (including phenoxy) is 1. The Bertz CT molecular complexity index is 476. The van der Waals surface area contributed by atoms with E-state index in [-0.39, 0.29) is 11.7 Å². The lowest BCUT2D eigenvalue weighted by atomic mass is 10.1. The number of hydrogen-bond acceptors (Lipinski definition) is 3. The summed E-state index contributed by atoms with van der Waals surface area (Å²) in [5, 5.41) is 0. The van der Waals surface area contributed by atoms with E-state index < -0.39 is 9.05 Å². The largest absolute Gasteiger partial charge is 0.493 e. The molecule has 1 unspecified atom stereocenters. The van der Waals surface area contributed by atoms with E-state index in [1.165, 1.54) is 0 Å². The first-order chi connectivity index (χ1) is 8.40. The average molecular weight is 356 g/mol. The average Bonchev–Trinajstić information content (AvgIpc) is 2.24. The first kappa shape index (κ1) is 15.8. The van der Waals surface area contributed by atoms with Gasteiger partial charge in [-0.3, -0.25) is 0 Å². The van der Waals surface area contributed by atoms with Crippen LogP contribution in [0.4, 0.5) is 0 Å². The molecule has 0 bridgehead atoms. The van der Waals surface area contributed by atoms with E-state index in [0.717, 1.165) is 23.1 Å². The van der Waals surface area contributed by atoms with E-state index in [9.17, 15) is 8.42 Å². The predicted octanol–water partition coefficient (Wildman–Crippen LogP) is 3.81. The maximum absolute atomic E-state index is 11.1. The third-order valence-electron chi connectivity index (χ3n) is 2.41. The summed E-state index contributed by atoms with van der Waals surface area (Å²) < 4.78 is 28.7. The smallest absolute Gasteiger partial charge is 0.232 e. The molecule has 1 rings (SSSR count). The first-order valence-corrected chi connectivity index (χ1v) is 8.98. The van der Waals surface area contributed by atoms with Crippen molar-refractivity contribution in [2.24, 2.45) is 5.92 Å². The van der Waals surface area contributed by atoms with Gasteiger partial charge in [-0.25, -0.2) is 8.42 Å². The van der Waals surface area contributed by atoms with Crippen LogP contribution >= 0.6 is 26.6 Å². The number of rotatable bonds is 7. The lowest BCUT2D eigenvalue weighted by Crippen LogP contribution is -2.19. The van der Waals surface area contributed by atoms with Gasteiger partial charge >= 0.3 is 0 Å². The van der Waals surface area contributed by atoms with Crippen LogP contribution in [-0.4, -0.2) is 20.8 Å². The summed E-state index contributed by atoms with van der Waals surface area (Å²) in [6.45, 7) is 2.36. The van der Waals surface area contributed by atoms with Crippen LogP contribution in [0.25, 0.3) is 0 Å². The lowest BCUT2D eigenvalue weighted by molar-refractivity contribution is 0.253. The lowest BCUT2D eigenvalue weighted by Gasteiger charge is -2.15. The highest BCUT2D eigenvalue weighted by Gasteiger charge is 2.17. The predicted molar refractivity (Wildman–Crippen MR) is 77.7 cm³/mol. The third-order valence-corrected chi connectivity index (χ3v) is 4.15. The molecule has 0 aliphatic carbocycles. The summed E-state index contributed by atoms with van der Waals surface area (Å²) in [6.07, 6.45) is 1.68. The highest BCUT2D eigenvalue weighted by molar-refractivity contribution is 9.10. The molecule has 0 heterocycles. The zero-order chi connectivity index (χ0) is 13.6. The topological polar surface area (TPSA) is 43.4 Å². The molecule has 0 aromatic heterocycles. The van der Waals surface area contributed by atoms with E-state index >= 15 is 0 Å². The van der Waals surface area contributed by atoms with Crippen LogP contribution in [0.3, 0.4) is 0 Å². The van der Waals surface area contributed by atoms with Crippen LogP contribution in [0.1, 0.15) is 19.8 Å². The second-order valence-corrected chi connectivity index (χ2v) is 7.87. The third kappa shape index (κ3) is 6.61. The zero-order valence-electron chi connectivity index (χ0n) is 10.1. The highest BCUT2D eigenvalue weighted by Crippen LogP contribution is 2.20. The van der Waals surface area contributed by atoms with Gasteiger partial charge in [-0.05, 0) is 24.6 Å². The van der Waals surface area contributed by atoms with Crippen molar-refractivity contribution in [1.29, 1.82) is 0 Å². The Kier molecular flexibility index (Phi) is 6.46. The molecule has 18 heavy (non-hydrogen) atoms. The van der Waals surface area contributed by atoms with Gasteiger partial charge in [-0.15, -0.1) is 0 Å². The van der Waals surface area contributed by atoms with Crippen molar-refractivity contribution >= 4 is 35.7 Å². The van der Waals surface area contributed by atoms with Gasteiger partial charge in [0.25, 0.3) is 0 Å². The molecular weight excluding hydrogens is 340 g/mol. The Balaban J connectivity index is 2.57. The molecule has 0 radical (unpaired) electrons. The summed E-state index contributed by atoms with van der Waals surface area (Å²) in [6, 6.07) is 7.45. The molecule has 0 saturated carbocycles. The molecule has 3 nitrogen and oxygen atoms in total. The standard InChI is InChI=1S/C12H16BrClO3S/c1-2-4-10(9-18(14,15)16)8-17-12-6-3-5-11(13)7-12/h3,5-7,10H,2,4,8-9H2,1H3. The molecule has 1 atom stereocenters. The molecule has 0 aliphatic heterocycles. The molecule has 0 aliphatic rings. The summed E-state index contributed by atoms with van der Waals surface area (Å²) in [7, 11) is 1.80. The zero-order valence-corrected chi connectivity index (χ0v) is 13.3. The molecule has 0 spiro atoms. The van der Waals surface area contributed by atoms with E-state index in [1.807, 2.05) is 31.2 Å². The van der Waals surface area contributed by atoms with Gasteiger partial charge in [0.15, 0.2) is 0 Å².